The van der Waals surface area contributed by atoms with Gasteiger partial charge >= 0.3 is 0 Å². The van der Waals surface area contributed by atoms with Crippen LogP contribution in [0.3, 0.4) is 0 Å². The number of nitrogens with zero attached hydrogens (tertiary/aromatic N) is 3. The van der Waals surface area contributed by atoms with Crippen LogP contribution in [-0.4, -0.2) is 32.8 Å². The summed E-state index contributed by atoms with van der Waals surface area (Å²) in [5.41, 5.74) is -0.166. The van der Waals surface area contributed by atoms with Gasteiger partial charge in [-0.2, -0.15) is 5.10 Å². The van der Waals surface area contributed by atoms with E-state index in [0.29, 0.717) is 19.5 Å². The van der Waals surface area contributed by atoms with E-state index in [1.54, 1.807) is 4.68 Å². The van der Waals surface area contributed by atoms with E-state index in [1.807, 2.05) is 27.8 Å². The first kappa shape index (κ1) is 13.6. The van der Waals surface area contributed by atoms with Crippen molar-refractivity contribution in [2.75, 3.05) is 6.54 Å². The number of hydrogen-bond acceptors (Lipinski definition) is 4. The number of carbonyl (C=O) groups is 1. The van der Waals surface area contributed by atoms with Crippen molar-refractivity contribution in [3.05, 3.63) is 12.2 Å². The Kier molecular flexibility index (Phi) is 4.62. The van der Waals surface area contributed by atoms with Crippen molar-refractivity contribution >= 4 is 5.91 Å². The average Bonchev–Trinajstić information content (AvgIpc) is 2.56. The first-order valence-corrected chi connectivity index (χ1v) is 5.73. The van der Waals surface area contributed by atoms with Gasteiger partial charge in [-0.05, 0) is 20.8 Å². The van der Waals surface area contributed by atoms with Gasteiger partial charge in [0.2, 0.25) is 5.91 Å². The number of nitrogens with one attached hydrogen (secondary N) is 2. The molecule has 0 spiro atoms. The van der Waals surface area contributed by atoms with E-state index in [0.717, 1.165) is 5.82 Å². The lowest BCUT2D eigenvalue weighted by Gasteiger charge is -2.20. The summed E-state index contributed by atoms with van der Waals surface area (Å²) in [6.07, 6.45) is 1.98. The van der Waals surface area contributed by atoms with Gasteiger partial charge in [0, 0.05) is 25.6 Å². The summed E-state index contributed by atoms with van der Waals surface area (Å²) in [5, 5.41) is 10.0. The summed E-state index contributed by atoms with van der Waals surface area (Å²) in [7, 11) is 1.84. The number of hydrogen-bond donors (Lipinski definition) is 2. The molecule has 0 aliphatic heterocycles. The van der Waals surface area contributed by atoms with Crippen LogP contribution in [0, 0.1) is 0 Å². The van der Waals surface area contributed by atoms with E-state index < -0.39 is 0 Å². The highest BCUT2D eigenvalue weighted by molar-refractivity contribution is 5.76. The van der Waals surface area contributed by atoms with Crippen LogP contribution < -0.4 is 10.6 Å². The predicted octanol–water partition coefficient (Wildman–Crippen LogP) is 0.210. The lowest BCUT2D eigenvalue weighted by Crippen LogP contribution is -2.41. The second kappa shape index (κ2) is 5.77. The second-order valence-corrected chi connectivity index (χ2v) is 5.02. The third kappa shape index (κ3) is 5.44. The Bertz CT molecular complexity index is 366. The maximum atomic E-state index is 11.5. The second-order valence-electron chi connectivity index (χ2n) is 5.02. The van der Waals surface area contributed by atoms with Crippen molar-refractivity contribution < 1.29 is 4.79 Å². The van der Waals surface area contributed by atoms with E-state index >= 15 is 0 Å². The minimum Gasteiger partial charge on any atom is -0.351 e. The van der Waals surface area contributed by atoms with Crippen LogP contribution in [0.4, 0.5) is 0 Å². The number of aryl methyl sites for hydroxylation is 1. The van der Waals surface area contributed by atoms with Crippen LogP contribution >= 0.6 is 0 Å². The molecule has 6 heteroatoms. The molecule has 1 heterocycles. The maximum absolute atomic E-state index is 11.5. The largest absolute Gasteiger partial charge is 0.351 e. The topological polar surface area (TPSA) is 71.8 Å². The molecule has 0 bridgehead atoms. The Morgan fingerprint density at radius 1 is 1.47 bits per heavy atom. The van der Waals surface area contributed by atoms with Crippen LogP contribution in [0.5, 0.6) is 0 Å². The lowest BCUT2D eigenvalue weighted by molar-refractivity contribution is -0.122. The van der Waals surface area contributed by atoms with Gasteiger partial charge in [-0.3, -0.25) is 9.48 Å². The normalized spacial score (nSPS) is 11.5. The molecule has 0 fully saturated rings. The summed E-state index contributed by atoms with van der Waals surface area (Å²) in [4.78, 5) is 15.6. The molecule has 1 amide bonds. The van der Waals surface area contributed by atoms with Gasteiger partial charge in [0.15, 0.2) is 0 Å². The third-order valence-electron chi connectivity index (χ3n) is 2.13. The molecule has 0 aromatic carbocycles. The predicted molar refractivity (Wildman–Crippen MR) is 65.2 cm³/mol. The minimum absolute atomic E-state index is 0.0583. The van der Waals surface area contributed by atoms with E-state index in [2.05, 4.69) is 20.7 Å². The van der Waals surface area contributed by atoms with E-state index in [9.17, 15) is 4.79 Å². The Hall–Kier alpha value is -1.43. The Balaban J connectivity index is 2.17. The number of amides is 1. The third-order valence-corrected chi connectivity index (χ3v) is 2.13. The minimum atomic E-state index is -0.166. The van der Waals surface area contributed by atoms with Crippen molar-refractivity contribution in [2.24, 2.45) is 7.05 Å². The molecule has 0 saturated heterocycles. The van der Waals surface area contributed by atoms with Crippen LogP contribution in [0.15, 0.2) is 6.33 Å². The fraction of sp³-hybridized carbons (Fsp3) is 0.727. The first-order valence-electron chi connectivity index (χ1n) is 5.73. The number of rotatable bonds is 5. The van der Waals surface area contributed by atoms with Crippen molar-refractivity contribution in [3.8, 4) is 0 Å². The SMILES string of the molecule is Cn1ncnc1CNCCC(=O)NC(C)(C)C. The standard InChI is InChI=1S/C11H21N5O/c1-11(2,3)15-10(17)5-6-12-7-9-13-8-14-16(9)4/h8,12H,5-7H2,1-4H3,(H,15,17). The summed E-state index contributed by atoms with van der Waals surface area (Å²) >= 11 is 0. The fourth-order valence-electron chi connectivity index (χ4n) is 1.36. The van der Waals surface area contributed by atoms with E-state index in [-0.39, 0.29) is 11.4 Å². The van der Waals surface area contributed by atoms with E-state index in [1.165, 1.54) is 6.33 Å². The molecule has 0 unspecified atom stereocenters. The van der Waals surface area contributed by atoms with Gasteiger partial charge in [-0.25, -0.2) is 4.98 Å². The maximum Gasteiger partial charge on any atom is 0.221 e. The van der Waals surface area contributed by atoms with Crippen LogP contribution in [-0.2, 0) is 18.4 Å². The van der Waals surface area contributed by atoms with Crippen molar-refractivity contribution in [2.45, 2.75) is 39.3 Å². The molecule has 0 atom stereocenters. The van der Waals surface area contributed by atoms with Crippen LogP contribution in [0.1, 0.15) is 33.0 Å². The van der Waals surface area contributed by atoms with Gasteiger partial charge < -0.3 is 10.6 Å². The zero-order chi connectivity index (χ0) is 12.9. The zero-order valence-electron chi connectivity index (χ0n) is 10.9. The van der Waals surface area contributed by atoms with Crippen LogP contribution in [0.25, 0.3) is 0 Å². The summed E-state index contributed by atoms with van der Waals surface area (Å²) in [5.74, 6) is 0.921. The lowest BCUT2D eigenvalue weighted by atomic mass is 10.1. The molecule has 1 aromatic heterocycles. The van der Waals surface area contributed by atoms with Gasteiger partial charge in [-0.15, -0.1) is 0 Å². The van der Waals surface area contributed by atoms with E-state index in [4.69, 9.17) is 0 Å². The van der Waals surface area contributed by atoms with Crippen molar-refractivity contribution in [1.29, 1.82) is 0 Å². The molecule has 96 valence electrons. The molecule has 0 aliphatic carbocycles. The fourth-order valence-corrected chi connectivity index (χ4v) is 1.36. The smallest absolute Gasteiger partial charge is 0.221 e. The molecule has 17 heavy (non-hydrogen) atoms. The molecule has 0 aliphatic rings. The quantitative estimate of drug-likeness (QED) is 0.721. The zero-order valence-corrected chi connectivity index (χ0v) is 10.9. The number of aromatic nitrogens is 3. The summed E-state index contributed by atoms with van der Waals surface area (Å²) < 4.78 is 1.71. The summed E-state index contributed by atoms with van der Waals surface area (Å²) in [6, 6.07) is 0. The van der Waals surface area contributed by atoms with Crippen molar-refractivity contribution in [3.63, 3.8) is 0 Å². The van der Waals surface area contributed by atoms with Gasteiger partial charge in [-0.1, -0.05) is 0 Å². The Morgan fingerprint density at radius 3 is 2.71 bits per heavy atom. The molecule has 2 N–H and O–H groups in total. The molecular weight excluding hydrogens is 218 g/mol. The number of carbonyl (C=O) groups excluding carboxylic acids is 1. The highest BCUT2D eigenvalue weighted by Gasteiger charge is 2.12. The average molecular weight is 239 g/mol. The van der Waals surface area contributed by atoms with Gasteiger partial charge in [0.1, 0.15) is 12.2 Å². The molecule has 0 radical (unpaired) electrons. The first-order chi connectivity index (χ1) is 7.88. The Morgan fingerprint density at radius 2 is 2.18 bits per heavy atom. The van der Waals surface area contributed by atoms with Gasteiger partial charge in [0.05, 0.1) is 6.54 Å². The Labute approximate surface area is 102 Å². The van der Waals surface area contributed by atoms with Gasteiger partial charge in [0.25, 0.3) is 0 Å². The molecule has 1 rings (SSSR count). The molecule has 1 aromatic rings. The monoisotopic (exact) mass is 239 g/mol. The molecule has 0 saturated carbocycles. The van der Waals surface area contributed by atoms with Crippen LogP contribution in [0.2, 0.25) is 0 Å². The highest BCUT2D eigenvalue weighted by atomic mass is 16.1. The molecular formula is C11H21N5O. The molecule has 6 nitrogen and oxygen atoms in total. The highest BCUT2D eigenvalue weighted by Crippen LogP contribution is 1.98. The van der Waals surface area contributed by atoms with Crippen molar-refractivity contribution in [1.82, 2.24) is 25.4 Å². The summed E-state index contributed by atoms with van der Waals surface area (Å²) in [6.45, 7) is 7.17.